The van der Waals surface area contributed by atoms with Gasteiger partial charge in [0.1, 0.15) is 0 Å². The van der Waals surface area contributed by atoms with Crippen LogP contribution in [0.5, 0.6) is 0 Å². The van der Waals surface area contributed by atoms with Crippen LogP contribution in [0.4, 0.5) is 0 Å². The van der Waals surface area contributed by atoms with Crippen molar-refractivity contribution in [2.24, 2.45) is 0 Å². The minimum absolute atomic E-state index is 0.988. The molecule has 0 saturated carbocycles. The second-order valence-corrected chi connectivity index (χ2v) is 2.50. The van der Waals surface area contributed by atoms with Crippen molar-refractivity contribution in [2.75, 3.05) is 0 Å². The molecule has 12 heavy (non-hydrogen) atoms. The predicted octanol–water partition coefficient (Wildman–Crippen LogP) is 3.37. The van der Waals surface area contributed by atoms with Crippen molar-refractivity contribution in [3.63, 3.8) is 0 Å². The second kappa shape index (κ2) is 5.64. The number of hydrogen-bond acceptors (Lipinski definition) is 1. The molecule has 0 atom stereocenters. The van der Waals surface area contributed by atoms with Crippen molar-refractivity contribution >= 4 is 0 Å². The van der Waals surface area contributed by atoms with E-state index < -0.39 is 0 Å². The molecule has 1 N–H and O–H groups in total. The van der Waals surface area contributed by atoms with Gasteiger partial charge >= 0.3 is 0 Å². The van der Waals surface area contributed by atoms with Gasteiger partial charge in [-0.2, -0.15) is 0 Å². The summed E-state index contributed by atoms with van der Waals surface area (Å²) in [6.45, 7) is 12.1. The van der Waals surface area contributed by atoms with E-state index in [1.165, 1.54) is 11.3 Å². The van der Waals surface area contributed by atoms with Crippen molar-refractivity contribution in [3.8, 4) is 0 Å². The third kappa shape index (κ3) is 2.95. The van der Waals surface area contributed by atoms with Gasteiger partial charge in [-0.25, -0.2) is 0 Å². The van der Waals surface area contributed by atoms with Crippen LogP contribution in [-0.4, -0.2) is 0 Å². The molecule has 1 nitrogen and oxygen atoms in total. The standard InChI is InChI=1S/C9H13N.C2H6/c1-4-9-7(2)5-6-8(3)10-9;1-2/h5-6,10H,3-4H2,1-2H3;1-2H3. The summed E-state index contributed by atoms with van der Waals surface area (Å²) in [5.74, 6) is 0. The highest BCUT2D eigenvalue weighted by Gasteiger charge is 2.02. The summed E-state index contributed by atoms with van der Waals surface area (Å²) in [6.07, 6.45) is 5.14. The van der Waals surface area contributed by atoms with Gasteiger partial charge < -0.3 is 5.32 Å². The zero-order valence-electron chi connectivity index (χ0n) is 8.57. The molecule has 0 aromatic heterocycles. The maximum atomic E-state index is 3.81. The van der Waals surface area contributed by atoms with Crippen LogP contribution in [0, 0.1) is 0 Å². The first-order chi connectivity index (χ1) is 5.74. The summed E-state index contributed by atoms with van der Waals surface area (Å²) >= 11 is 0. The smallest absolute Gasteiger partial charge is 0.0308 e. The molecule has 1 aliphatic rings. The van der Waals surface area contributed by atoms with E-state index in [9.17, 15) is 0 Å². The lowest BCUT2D eigenvalue weighted by Crippen LogP contribution is -2.14. The van der Waals surface area contributed by atoms with Crippen LogP contribution in [0.15, 0.2) is 35.7 Å². The molecule has 0 bridgehead atoms. The Kier molecular flexibility index (Phi) is 5.18. The van der Waals surface area contributed by atoms with E-state index in [0.717, 1.165) is 12.1 Å². The Hall–Kier alpha value is -0.980. The van der Waals surface area contributed by atoms with Crippen LogP contribution in [0.3, 0.4) is 0 Å². The van der Waals surface area contributed by atoms with Gasteiger partial charge in [0, 0.05) is 11.4 Å². The van der Waals surface area contributed by atoms with Gasteiger partial charge in [0.15, 0.2) is 0 Å². The first kappa shape index (κ1) is 11.0. The Morgan fingerprint density at radius 1 is 1.33 bits per heavy atom. The molecule has 0 radical (unpaired) electrons. The Bertz CT molecular complexity index is 209. The zero-order valence-corrected chi connectivity index (χ0v) is 8.57. The van der Waals surface area contributed by atoms with Crippen LogP contribution >= 0.6 is 0 Å². The monoisotopic (exact) mass is 165 g/mol. The molecular formula is C11H19N. The summed E-state index contributed by atoms with van der Waals surface area (Å²) < 4.78 is 0. The predicted molar refractivity (Wildman–Crippen MR) is 55.8 cm³/mol. The normalized spacial score (nSPS) is 15.2. The largest absolute Gasteiger partial charge is 0.359 e. The van der Waals surface area contributed by atoms with Crippen LogP contribution in [0.2, 0.25) is 0 Å². The highest BCUT2D eigenvalue weighted by atomic mass is 14.9. The van der Waals surface area contributed by atoms with E-state index in [1.54, 1.807) is 0 Å². The van der Waals surface area contributed by atoms with Gasteiger partial charge in [0.25, 0.3) is 0 Å². The number of nitrogens with one attached hydrogen (secondary N) is 1. The Morgan fingerprint density at radius 2 is 1.92 bits per heavy atom. The molecule has 0 unspecified atom stereocenters. The first-order valence-electron chi connectivity index (χ1n) is 4.57. The van der Waals surface area contributed by atoms with Crippen LogP contribution in [0.25, 0.3) is 0 Å². The lowest BCUT2D eigenvalue weighted by Gasteiger charge is -2.15. The molecule has 0 aromatic carbocycles. The van der Waals surface area contributed by atoms with Crippen molar-refractivity contribution in [3.05, 3.63) is 35.7 Å². The third-order valence-corrected chi connectivity index (χ3v) is 1.68. The van der Waals surface area contributed by atoms with E-state index in [4.69, 9.17) is 0 Å². The van der Waals surface area contributed by atoms with Gasteiger partial charge in [-0.15, -0.1) is 0 Å². The number of hydrogen-bond donors (Lipinski definition) is 1. The molecule has 0 aliphatic carbocycles. The summed E-state index contributed by atoms with van der Waals surface area (Å²) in [4.78, 5) is 0. The van der Waals surface area contributed by atoms with Crippen molar-refractivity contribution in [1.29, 1.82) is 0 Å². The van der Waals surface area contributed by atoms with Crippen molar-refractivity contribution in [2.45, 2.75) is 34.1 Å². The highest BCUT2D eigenvalue weighted by molar-refractivity contribution is 5.35. The Labute approximate surface area is 75.9 Å². The summed E-state index contributed by atoms with van der Waals surface area (Å²) in [5, 5.41) is 3.21. The van der Waals surface area contributed by atoms with Crippen LogP contribution in [-0.2, 0) is 0 Å². The lowest BCUT2D eigenvalue weighted by atomic mass is 10.1. The SMILES string of the molecule is C=C1C=CC(C)=C(CC)N1.CC. The maximum absolute atomic E-state index is 3.81. The fourth-order valence-electron chi connectivity index (χ4n) is 1.03. The molecular weight excluding hydrogens is 146 g/mol. The molecule has 0 aromatic rings. The van der Waals surface area contributed by atoms with E-state index >= 15 is 0 Å². The fraction of sp³-hybridized carbons (Fsp3) is 0.455. The number of rotatable bonds is 1. The van der Waals surface area contributed by atoms with Gasteiger partial charge in [-0.1, -0.05) is 33.4 Å². The van der Waals surface area contributed by atoms with Gasteiger partial charge in [0.05, 0.1) is 0 Å². The van der Waals surface area contributed by atoms with Crippen molar-refractivity contribution < 1.29 is 0 Å². The van der Waals surface area contributed by atoms with Gasteiger partial charge in [0.2, 0.25) is 0 Å². The topological polar surface area (TPSA) is 12.0 Å². The lowest BCUT2D eigenvalue weighted by molar-refractivity contribution is 0.884. The third-order valence-electron chi connectivity index (χ3n) is 1.68. The molecule has 0 fully saturated rings. The van der Waals surface area contributed by atoms with E-state index in [2.05, 4.69) is 31.8 Å². The molecule has 1 heteroatoms. The molecule has 68 valence electrons. The van der Waals surface area contributed by atoms with Gasteiger partial charge in [-0.05, 0) is 25.0 Å². The summed E-state index contributed by atoms with van der Waals surface area (Å²) in [5.41, 5.74) is 3.59. The van der Waals surface area contributed by atoms with Gasteiger partial charge in [-0.3, -0.25) is 0 Å². The van der Waals surface area contributed by atoms with Crippen LogP contribution in [0.1, 0.15) is 34.1 Å². The highest BCUT2D eigenvalue weighted by Crippen LogP contribution is 2.13. The van der Waals surface area contributed by atoms with E-state index in [1.807, 2.05) is 19.9 Å². The molecule has 1 heterocycles. The number of allylic oxidation sites excluding steroid dienone is 4. The van der Waals surface area contributed by atoms with Crippen LogP contribution < -0.4 is 5.32 Å². The minimum atomic E-state index is 0.988. The molecule has 0 saturated heterocycles. The fourth-order valence-corrected chi connectivity index (χ4v) is 1.03. The van der Waals surface area contributed by atoms with E-state index in [0.29, 0.717) is 0 Å². The molecule has 1 rings (SSSR count). The average Bonchev–Trinajstić information content (AvgIpc) is 2.13. The summed E-state index contributed by atoms with van der Waals surface area (Å²) in [7, 11) is 0. The first-order valence-corrected chi connectivity index (χ1v) is 4.57. The molecule has 1 aliphatic heterocycles. The average molecular weight is 165 g/mol. The quantitative estimate of drug-likeness (QED) is 0.628. The zero-order chi connectivity index (χ0) is 9.56. The summed E-state index contributed by atoms with van der Waals surface area (Å²) in [6, 6.07) is 0. The molecule has 0 spiro atoms. The van der Waals surface area contributed by atoms with E-state index in [-0.39, 0.29) is 0 Å². The maximum Gasteiger partial charge on any atom is 0.0308 e. The number of dihydropyridines is 1. The second-order valence-electron chi connectivity index (χ2n) is 2.50. The Morgan fingerprint density at radius 3 is 2.33 bits per heavy atom. The van der Waals surface area contributed by atoms with Crippen molar-refractivity contribution in [1.82, 2.24) is 5.32 Å². The minimum Gasteiger partial charge on any atom is -0.359 e. The Balaban J connectivity index is 0.000000561. The molecule has 0 amide bonds.